The van der Waals surface area contributed by atoms with Gasteiger partial charge in [0.05, 0.1) is 24.1 Å². The van der Waals surface area contributed by atoms with Crippen molar-refractivity contribution in [3.63, 3.8) is 0 Å². The maximum atomic E-state index is 14.1. The van der Waals surface area contributed by atoms with Gasteiger partial charge in [-0.3, -0.25) is 0 Å². The molecule has 1 fully saturated rings. The molecule has 3 aromatic carbocycles. The minimum Gasteiger partial charge on any atom is -0.466 e. The van der Waals surface area contributed by atoms with Crippen molar-refractivity contribution in [1.29, 1.82) is 0 Å². The molecule has 0 bridgehead atoms. The summed E-state index contributed by atoms with van der Waals surface area (Å²) in [6.45, 7) is 8.35. The summed E-state index contributed by atoms with van der Waals surface area (Å²) in [5.41, 5.74) is 4.82. The number of esters is 1. The number of para-hydroxylation sites is 1. The van der Waals surface area contributed by atoms with Crippen LogP contribution in [0.1, 0.15) is 50.3 Å². The van der Waals surface area contributed by atoms with Crippen LogP contribution in [0.5, 0.6) is 0 Å². The second kappa shape index (κ2) is 11.4. The molecule has 1 amide bonds. The van der Waals surface area contributed by atoms with Crippen molar-refractivity contribution < 1.29 is 19.1 Å². The van der Waals surface area contributed by atoms with Crippen molar-refractivity contribution in [2.24, 2.45) is 5.92 Å². The number of methoxy groups -OCH3 is 1. The van der Waals surface area contributed by atoms with Crippen molar-refractivity contribution in [2.75, 3.05) is 19.0 Å². The Morgan fingerprint density at radius 2 is 1.70 bits per heavy atom. The minimum absolute atomic E-state index is 0.00571. The molecule has 224 valence electrons. The molecule has 1 N–H and O–H groups in total. The number of hydrogen-bond acceptors (Lipinski definition) is 6. The third-order valence-electron chi connectivity index (χ3n) is 8.97. The zero-order valence-corrected chi connectivity index (χ0v) is 26.4. The Balaban J connectivity index is 1.58. The van der Waals surface area contributed by atoms with E-state index in [0.717, 1.165) is 28.3 Å². The molecule has 2 aliphatic heterocycles. The van der Waals surface area contributed by atoms with Crippen LogP contribution in [0.25, 0.3) is 0 Å². The number of ether oxygens (including phenoxy) is 2. The number of thioether (sulfide) groups is 1. The fraction of sp³-hybridized carbons (Fsp3) is 0.389. The van der Waals surface area contributed by atoms with Gasteiger partial charge in [-0.05, 0) is 82.2 Å². The maximum absolute atomic E-state index is 14.1. The average molecular weight is 597 g/mol. The van der Waals surface area contributed by atoms with Gasteiger partial charge in [0, 0.05) is 28.1 Å². The lowest BCUT2D eigenvalue weighted by Gasteiger charge is -2.42. The predicted octanol–water partition coefficient (Wildman–Crippen LogP) is 7.52. The van der Waals surface area contributed by atoms with E-state index in [1.54, 1.807) is 11.8 Å². The molecule has 4 atom stereocenters. The number of nitrogens with zero attached hydrogens (tertiary/aromatic N) is 1. The molecule has 1 saturated heterocycles. The second-order valence-electron chi connectivity index (χ2n) is 12.9. The summed E-state index contributed by atoms with van der Waals surface area (Å²) in [4.78, 5) is 30.8. The van der Waals surface area contributed by atoms with E-state index in [4.69, 9.17) is 9.47 Å². The number of likely N-dealkylation sites (tertiary alicyclic amines) is 1. The SMILES string of the molecule is COC(=O)C1=C2Nc3ccccc3[C@]23CCN(C(=O)OC(C)(C)C)[C@@H]3[C@@H](Cc2ccccc2)[C@@H](Sc2ccc(C)cc2)C1. The van der Waals surface area contributed by atoms with Crippen molar-refractivity contribution >= 4 is 29.5 Å². The number of benzene rings is 3. The maximum Gasteiger partial charge on any atom is 0.410 e. The summed E-state index contributed by atoms with van der Waals surface area (Å²) in [6, 6.07) is 27.1. The Hall–Kier alpha value is -3.71. The smallest absolute Gasteiger partial charge is 0.410 e. The average Bonchev–Trinajstić information content (AvgIpc) is 3.51. The van der Waals surface area contributed by atoms with Gasteiger partial charge in [-0.1, -0.05) is 66.2 Å². The molecule has 1 spiro atoms. The van der Waals surface area contributed by atoms with Crippen LogP contribution >= 0.6 is 11.8 Å². The van der Waals surface area contributed by atoms with Gasteiger partial charge in [0.25, 0.3) is 0 Å². The molecule has 0 aromatic heterocycles. The number of nitrogens with one attached hydrogen (secondary N) is 1. The van der Waals surface area contributed by atoms with Crippen molar-refractivity contribution in [3.05, 3.63) is 107 Å². The number of anilines is 1. The van der Waals surface area contributed by atoms with Crippen molar-refractivity contribution in [2.45, 2.75) is 74.2 Å². The summed E-state index contributed by atoms with van der Waals surface area (Å²) < 4.78 is 11.5. The summed E-state index contributed by atoms with van der Waals surface area (Å²) in [5, 5.41) is 3.66. The summed E-state index contributed by atoms with van der Waals surface area (Å²) in [5.74, 6) is -0.326. The monoisotopic (exact) mass is 596 g/mol. The fourth-order valence-corrected chi connectivity index (χ4v) is 8.57. The molecule has 7 heteroatoms. The number of fused-ring (bicyclic) bond motifs is 1. The van der Waals surface area contributed by atoms with Crippen LogP contribution in [-0.2, 0) is 26.1 Å². The molecule has 0 saturated carbocycles. The highest BCUT2D eigenvalue weighted by atomic mass is 32.2. The third-order valence-corrected chi connectivity index (χ3v) is 10.3. The molecule has 6 rings (SSSR count). The van der Waals surface area contributed by atoms with E-state index in [2.05, 4.69) is 79.0 Å². The van der Waals surface area contributed by atoms with Crippen molar-refractivity contribution in [3.8, 4) is 0 Å². The highest BCUT2D eigenvalue weighted by Gasteiger charge is 2.62. The molecular weight excluding hydrogens is 556 g/mol. The second-order valence-corrected chi connectivity index (χ2v) is 14.2. The first-order chi connectivity index (χ1) is 20.6. The summed E-state index contributed by atoms with van der Waals surface area (Å²) in [6.07, 6.45) is 1.64. The van der Waals surface area contributed by atoms with Gasteiger partial charge < -0.3 is 19.7 Å². The zero-order valence-electron chi connectivity index (χ0n) is 25.6. The first-order valence-corrected chi connectivity index (χ1v) is 15.9. The standard InChI is InChI=1S/C36H40N2O4S/c1-23-15-17-25(18-16-23)43-30-22-27(33(39)41-5)31-36(28-13-9-10-14-29(28)37-31)19-20-38(34(40)42-35(2,3)4)32(36)26(30)21-24-11-7-6-8-12-24/h6-18,26,30,32,37H,19-22H2,1-5H3/t26-,30-,32+,36+/m0/s1. The van der Waals surface area contributed by atoms with Crippen molar-refractivity contribution in [1.82, 2.24) is 4.90 Å². The number of carbonyl (C=O) groups is 2. The predicted molar refractivity (Wildman–Crippen MR) is 171 cm³/mol. The Morgan fingerprint density at radius 3 is 2.40 bits per heavy atom. The van der Waals surface area contributed by atoms with E-state index in [-0.39, 0.29) is 29.3 Å². The van der Waals surface area contributed by atoms with Gasteiger partial charge in [-0.15, -0.1) is 11.8 Å². The highest BCUT2D eigenvalue weighted by Crippen LogP contribution is 2.60. The zero-order chi connectivity index (χ0) is 30.4. The van der Waals surface area contributed by atoms with Gasteiger partial charge in [0.15, 0.2) is 0 Å². The normalized spacial score (nSPS) is 24.4. The van der Waals surface area contributed by atoms with Crippen LogP contribution in [0.3, 0.4) is 0 Å². The van der Waals surface area contributed by atoms with Crippen LogP contribution < -0.4 is 5.32 Å². The molecule has 0 radical (unpaired) electrons. The van der Waals surface area contributed by atoms with E-state index < -0.39 is 11.0 Å². The van der Waals surface area contributed by atoms with Gasteiger partial charge in [-0.2, -0.15) is 0 Å². The molecule has 43 heavy (non-hydrogen) atoms. The highest BCUT2D eigenvalue weighted by molar-refractivity contribution is 8.00. The molecule has 3 aliphatic rings. The number of rotatable bonds is 5. The Kier molecular flexibility index (Phi) is 7.80. The van der Waals surface area contributed by atoms with E-state index in [1.165, 1.54) is 18.2 Å². The number of aryl methyl sites for hydroxylation is 1. The van der Waals surface area contributed by atoms with E-state index in [9.17, 15) is 9.59 Å². The van der Waals surface area contributed by atoms with E-state index in [1.807, 2.05) is 37.8 Å². The fourth-order valence-electron chi connectivity index (χ4n) is 7.26. The lowest BCUT2D eigenvalue weighted by molar-refractivity contribution is -0.136. The Bertz CT molecular complexity index is 1550. The topological polar surface area (TPSA) is 67.9 Å². The minimum atomic E-state index is -0.635. The van der Waals surface area contributed by atoms with Gasteiger partial charge in [0.1, 0.15) is 5.60 Å². The quantitative estimate of drug-likeness (QED) is 0.307. The number of carbonyl (C=O) groups excluding carboxylic acids is 2. The van der Waals surface area contributed by atoms with Gasteiger partial charge >= 0.3 is 12.1 Å². The lowest BCUT2D eigenvalue weighted by atomic mass is 9.68. The first kappa shape index (κ1) is 29.4. The first-order valence-electron chi connectivity index (χ1n) is 15.1. The largest absolute Gasteiger partial charge is 0.466 e. The molecule has 6 nitrogen and oxygen atoms in total. The summed E-state index contributed by atoms with van der Waals surface area (Å²) >= 11 is 1.79. The van der Waals surface area contributed by atoms with E-state index >= 15 is 0 Å². The summed E-state index contributed by atoms with van der Waals surface area (Å²) in [7, 11) is 1.46. The molecule has 1 aliphatic carbocycles. The molecule has 0 unspecified atom stereocenters. The third kappa shape index (κ3) is 5.44. The molecule has 3 aromatic rings. The van der Waals surface area contributed by atoms with Gasteiger partial charge in [-0.25, -0.2) is 9.59 Å². The van der Waals surface area contributed by atoms with Crippen LogP contribution in [0.4, 0.5) is 10.5 Å². The molecular formula is C36H40N2O4S. The molecule has 2 heterocycles. The number of hydrogen-bond donors (Lipinski definition) is 1. The van der Waals surface area contributed by atoms with Crippen LogP contribution in [-0.4, -0.2) is 47.5 Å². The van der Waals surface area contributed by atoms with Crippen LogP contribution in [0, 0.1) is 12.8 Å². The Morgan fingerprint density at radius 1 is 1.00 bits per heavy atom. The number of amides is 1. The van der Waals surface area contributed by atoms with Gasteiger partial charge in [0.2, 0.25) is 0 Å². The lowest BCUT2D eigenvalue weighted by Crippen LogP contribution is -2.53. The Labute approximate surface area is 258 Å². The van der Waals surface area contributed by atoms with E-state index in [0.29, 0.717) is 25.0 Å². The van der Waals surface area contributed by atoms with Crippen LogP contribution in [0.15, 0.2) is 95.0 Å². The van der Waals surface area contributed by atoms with Crippen LogP contribution in [0.2, 0.25) is 0 Å².